The zero-order valence-corrected chi connectivity index (χ0v) is 11.1. The second kappa shape index (κ2) is 4.97. The summed E-state index contributed by atoms with van der Waals surface area (Å²) in [6.45, 7) is 0. The van der Waals surface area contributed by atoms with Gasteiger partial charge in [0.25, 0.3) is 0 Å². The van der Waals surface area contributed by atoms with Crippen LogP contribution in [0.5, 0.6) is 0 Å². The lowest BCUT2D eigenvalue weighted by molar-refractivity contribution is -0.131. The van der Waals surface area contributed by atoms with Crippen molar-refractivity contribution in [1.82, 2.24) is 0 Å². The maximum atomic E-state index is 10.7. The minimum Gasteiger partial charge on any atom is -0.478 e. The first-order valence-electron chi connectivity index (χ1n) is 6.75. The lowest BCUT2D eigenvalue weighted by atomic mass is 9.85. The van der Waals surface area contributed by atoms with Gasteiger partial charge in [0.15, 0.2) is 0 Å². The van der Waals surface area contributed by atoms with Crippen LogP contribution >= 0.6 is 0 Å². The highest BCUT2D eigenvalue weighted by molar-refractivity contribution is 5.80. The Balaban J connectivity index is 2.01. The van der Waals surface area contributed by atoms with E-state index in [0.717, 1.165) is 6.42 Å². The van der Waals surface area contributed by atoms with E-state index in [4.69, 9.17) is 5.11 Å². The molecule has 100 valence electrons. The predicted molar refractivity (Wildman–Crippen MR) is 78.5 cm³/mol. The smallest absolute Gasteiger partial charge is 0.327 e. The highest BCUT2D eigenvalue weighted by atomic mass is 16.4. The number of carbonyl (C=O) groups is 1. The Hall–Kier alpha value is -2.35. The van der Waals surface area contributed by atoms with Crippen molar-refractivity contribution in [2.24, 2.45) is 5.92 Å². The molecule has 1 saturated carbocycles. The van der Waals surface area contributed by atoms with Gasteiger partial charge in [-0.2, -0.15) is 0 Å². The lowest BCUT2D eigenvalue weighted by Crippen LogP contribution is -2.11. The van der Waals surface area contributed by atoms with Crippen LogP contribution in [0, 0.1) is 5.92 Å². The molecular formula is C18H16O2. The van der Waals surface area contributed by atoms with Gasteiger partial charge in [0.2, 0.25) is 0 Å². The molecule has 1 N–H and O–H groups in total. The summed E-state index contributed by atoms with van der Waals surface area (Å²) >= 11 is 0. The van der Waals surface area contributed by atoms with Gasteiger partial charge >= 0.3 is 5.97 Å². The predicted octanol–water partition coefficient (Wildman–Crippen LogP) is 3.63. The maximum absolute atomic E-state index is 10.7. The molecule has 1 atom stereocenters. The van der Waals surface area contributed by atoms with Crippen molar-refractivity contribution in [2.75, 3.05) is 0 Å². The molecule has 0 amide bonds. The van der Waals surface area contributed by atoms with Gasteiger partial charge in [-0.25, -0.2) is 4.79 Å². The monoisotopic (exact) mass is 264 g/mol. The molecular weight excluding hydrogens is 248 g/mol. The van der Waals surface area contributed by atoms with Crippen LogP contribution < -0.4 is 0 Å². The minimum absolute atomic E-state index is 0.0610. The van der Waals surface area contributed by atoms with Crippen LogP contribution in [0.4, 0.5) is 0 Å². The molecule has 0 spiro atoms. The van der Waals surface area contributed by atoms with E-state index in [-0.39, 0.29) is 11.3 Å². The molecule has 2 nitrogen and oxygen atoms in total. The first-order valence-corrected chi connectivity index (χ1v) is 6.75. The van der Waals surface area contributed by atoms with Crippen LogP contribution in [-0.4, -0.2) is 11.1 Å². The molecule has 1 aliphatic carbocycles. The molecule has 0 heterocycles. The average Bonchev–Trinajstić information content (AvgIpc) is 3.23. The van der Waals surface area contributed by atoms with Crippen molar-refractivity contribution in [3.05, 3.63) is 83.9 Å². The van der Waals surface area contributed by atoms with Crippen LogP contribution in [0.2, 0.25) is 0 Å². The quantitative estimate of drug-likeness (QED) is 0.856. The van der Waals surface area contributed by atoms with Crippen LogP contribution in [0.1, 0.15) is 17.5 Å². The molecule has 3 rings (SSSR count). The molecule has 0 radical (unpaired) electrons. The van der Waals surface area contributed by atoms with Gasteiger partial charge < -0.3 is 5.11 Å². The number of hydrogen-bond acceptors (Lipinski definition) is 1. The number of rotatable bonds is 4. The lowest BCUT2D eigenvalue weighted by Gasteiger charge is -2.18. The third-order valence-electron chi connectivity index (χ3n) is 4.06. The van der Waals surface area contributed by atoms with Crippen LogP contribution in [0.15, 0.2) is 72.8 Å². The van der Waals surface area contributed by atoms with Gasteiger partial charge in [-0.05, 0) is 23.5 Å². The zero-order chi connectivity index (χ0) is 14.0. The van der Waals surface area contributed by atoms with E-state index in [1.165, 1.54) is 17.2 Å². The Morgan fingerprint density at radius 2 is 1.50 bits per heavy atom. The second-order valence-corrected chi connectivity index (χ2v) is 5.21. The molecule has 20 heavy (non-hydrogen) atoms. The Morgan fingerprint density at radius 3 is 1.95 bits per heavy atom. The third kappa shape index (κ3) is 2.14. The van der Waals surface area contributed by atoms with Gasteiger partial charge in [0, 0.05) is 11.5 Å². The highest BCUT2D eigenvalue weighted by Crippen LogP contribution is 2.59. The maximum Gasteiger partial charge on any atom is 0.327 e. The third-order valence-corrected chi connectivity index (χ3v) is 4.06. The Labute approximate surface area is 118 Å². The fourth-order valence-electron chi connectivity index (χ4n) is 3.02. The summed E-state index contributed by atoms with van der Waals surface area (Å²) in [5, 5.41) is 8.81. The van der Waals surface area contributed by atoms with Gasteiger partial charge in [-0.3, -0.25) is 0 Å². The molecule has 1 aliphatic rings. The van der Waals surface area contributed by atoms with E-state index >= 15 is 0 Å². The van der Waals surface area contributed by atoms with Crippen LogP contribution in [0.25, 0.3) is 0 Å². The van der Waals surface area contributed by atoms with Crippen LogP contribution in [0.3, 0.4) is 0 Å². The van der Waals surface area contributed by atoms with E-state index in [9.17, 15) is 4.79 Å². The van der Waals surface area contributed by atoms with E-state index in [1.54, 1.807) is 0 Å². The average molecular weight is 264 g/mol. The molecule has 0 bridgehead atoms. The molecule has 2 heteroatoms. The van der Waals surface area contributed by atoms with Crippen molar-refractivity contribution in [3.8, 4) is 0 Å². The highest BCUT2D eigenvalue weighted by Gasteiger charge is 2.54. The SMILES string of the molecule is O=C(O)/C=C\C1CC1(c1ccccc1)c1ccccc1. The van der Waals surface area contributed by atoms with Crippen LogP contribution in [-0.2, 0) is 10.2 Å². The summed E-state index contributed by atoms with van der Waals surface area (Å²) in [6.07, 6.45) is 4.05. The fraction of sp³-hybridized carbons (Fsp3) is 0.167. The molecule has 1 fully saturated rings. The normalized spacial score (nSPS) is 19.9. The molecule has 2 aromatic rings. The Morgan fingerprint density at radius 1 is 1.00 bits per heavy atom. The summed E-state index contributed by atoms with van der Waals surface area (Å²) in [7, 11) is 0. The first-order chi connectivity index (χ1) is 9.73. The Bertz CT molecular complexity index is 589. The molecule has 0 aromatic heterocycles. The summed E-state index contributed by atoms with van der Waals surface area (Å²) in [6, 6.07) is 20.7. The number of hydrogen-bond donors (Lipinski definition) is 1. The van der Waals surface area contributed by atoms with Gasteiger partial charge in [0.1, 0.15) is 0 Å². The standard InChI is InChI=1S/C18H16O2/c19-17(20)12-11-16-13-18(16,14-7-3-1-4-8-14)15-9-5-2-6-10-15/h1-12,16H,13H2,(H,19,20)/b12-11-. The molecule has 0 saturated heterocycles. The minimum atomic E-state index is -0.882. The first kappa shape index (κ1) is 12.7. The molecule has 1 unspecified atom stereocenters. The van der Waals surface area contributed by atoms with Gasteiger partial charge in [-0.15, -0.1) is 0 Å². The Kier molecular flexibility index (Phi) is 3.15. The molecule has 0 aliphatic heterocycles. The number of aliphatic carboxylic acids is 1. The van der Waals surface area contributed by atoms with Crippen molar-refractivity contribution >= 4 is 5.97 Å². The van der Waals surface area contributed by atoms with E-state index in [1.807, 2.05) is 42.5 Å². The number of carboxylic acids is 1. The van der Waals surface area contributed by atoms with Crippen molar-refractivity contribution in [3.63, 3.8) is 0 Å². The number of carboxylic acid groups (broad SMARTS) is 1. The topological polar surface area (TPSA) is 37.3 Å². The summed E-state index contributed by atoms with van der Waals surface area (Å²) in [4.78, 5) is 10.7. The zero-order valence-electron chi connectivity index (χ0n) is 11.1. The van der Waals surface area contributed by atoms with Crippen molar-refractivity contribution in [2.45, 2.75) is 11.8 Å². The van der Waals surface area contributed by atoms with E-state index in [0.29, 0.717) is 0 Å². The summed E-state index contributed by atoms with van der Waals surface area (Å²) < 4.78 is 0. The van der Waals surface area contributed by atoms with Crippen molar-refractivity contribution < 1.29 is 9.90 Å². The van der Waals surface area contributed by atoms with E-state index < -0.39 is 5.97 Å². The van der Waals surface area contributed by atoms with Crippen molar-refractivity contribution in [1.29, 1.82) is 0 Å². The summed E-state index contributed by atoms with van der Waals surface area (Å²) in [5.74, 6) is -0.629. The largest absolute Gasteiger partial charge is 0.478 e. The van der Waals surface area contributed by atoms with Gasteiger partial charge in [-0.1, -0.05) is 66.7 Å². The summed E-state index contributed by atoms with van der Waals surface area (Å²) in [5.41, 5.74) is 2.45. The van der Waals surface area contributed by atoms with E-state index in [2.05, 4.69) is 24.3 Å². The fourth-order valence-corrected chi connectivity index (χ4v) is 3.02. The van der Waals surface area contributed by atoms with Gasteiger partial charge in [0.05, 0.1) is 0 Å². The molecule has 2 aromatic carbocycles. The number of allylic oxidation sites excluding steroid dienone is 1. The second-order valence-electron chi connectivity index (χ2n) is 5.21. The number of benzene rings is 2.